The van der Waals surface area contributed by atoms with Crippen LogP contribution in [0.5, 0.6) is 0 Å². The first kappa shape index (κ1) is 25.9. The summed E-state index contributed by atoms with van der Waals surface area (Å²) in [6.07, 6.45) is 4.16. The molecule has 0 bridgehead atoms. The van der Waals surface area contributed by atoms with Crippen molar-refractivity contribution >= 4 is 22.8 Å². The number of aliphatic hydroxyl groups is 1. The summed E-state index contributed by atoms with van der Waals surface area (Å²) in [6, 6.07) is 31.3. The Labute approximate surface area is 208 Å². The monoisotopic (exact) mass is 613 g/mol. The van der Waals surface area contributed by atoms with Crippen molar-refractivity contribution < 1.29 is 30.0 Å². The van der Waals surface area contributed by atoms with Gasteiger partial charge in [-0.25, -0.2) is 0 Å². The number of carbonyl (C=O) groups is 1. The molecule has 0 unspecified atom stereocenters. The number of pyridine rings is 1. The zero-order valence-electron chi connectivity index (χ0n) is 18.5. The zero-order chi connectivity index (χ0) is 22.8. The second kappa shape index (κ2) is 13.3. The van der Waals surface area contributed by atoms with Crippen LogP contribution in [0.25, 0.3) is 28.2 Å². The first-order valence-corrected chi connectivity index (χ1v) is 10.5. The Kier molecular flexibility index (Phi) is 10.4. The Hall–Kier alpha value is -3.33. The molecule has 1 N–H and O–H groups in total. The van der Waals surface area contributed by atoms with Crippen molar-refractivity contribution in [2.75, 3.05) is 0 Å². The fourth-order valence-electron chi connectivity index (χ4n) is 3.16. The molecule has 0 aliphatic rings. The van der Waals surface area contributed by atoms with E-state index in [9.17, 15) is 4.79 Å². The van der Waals surface area contributed by atoms with Crippen LogP contribution in [0.15, 0.2) is 103 Å². The minimum atomic E-state index is -0.0483. The summed E-state index contributed by atoms with van der Waals surface area (Å²) in [7, 11) is 0. The Bertz CT molecular complexity index is 1210. The Morgan fingerprint density at radius 1 is 1.00 bits per heavy atom. The molecular weight excluding hydrogens is 587 g/mol. The number of rotatable bonds is 6. The minimum Gasteiger partial charge on any atom is -0.512 e. The maximum atomic E-state index is 11.3. The second-order valence-corrected chi connectivity index (χ2v) is 7.36. The van der Waals surface area contributed by atoms with Crippen LogP contribution in [0.1, 0.15) is 24.5 Å². The molecular formula is C29H26IrNO2-. The van der Waals surface area contributed by atoms with E-state index in [4.69, 9.17) is 5.11 Å². The molecule has 0 saturated carbocycles. The number of carbonyl (C=O) groups excluding carboxylic acids is 1. The van der Waals surface area contributed by atoms with Crippen molar-refractivity contribution in [1.82, 2.24) is 4.98 Å². The van der Waals surface area contributed by atoms with E-state index in [-0.39, 0.29) is 31.6 Å². The van der Waals surface area contributed by atoms with Crippen LogP contribution in [0.3, 0.4) is 0 Å². The third-order valence-corrected chi connectivity index (χ3v) is 4.83. The third kappa shape index (κ3) is 8.27. The molecule has 1 heterocycles. The predicted octanol–water partition coefficient (Wildman–Crippen LogP) is 6.99. The van der Waals surface area contributed by atoms with Gasteiger partial charge in [-0.2, -0.15) is 0 Å². The summed E-state index contributed by atoms with van der Waals surface area (Å²) in [5, 5.41) is 10.1. The van der Waals surface area contributed by atoms with Gasteiger partial charge in [0.2, 0.25) is 0 Å². The van der Waals surface area contributed by atoms with E-state index in [0.717, 1.165) is 27.9 Å². The van der Waals surface area contributed by atoms with Crippen LogP contribution in [0.2, 0.25) is 0 Å². The summed E-state index contributed by atoms with van der Waals surface area (Å²) < 4.78 is 0. The SMILES string of the molecule is C=Cc1ccc(CCC(=O)C=C(C)O)cc1.[Ir].[c-]1ccccc1-c1ccc2ccccc2n1. The topological polar surface area (TPSA) is 50.2 Å². The number of aliphatic hydroxyl groups excluding tert-OH is 1. The van der Waals surface area contributed by atoms with Crippen molar-refractivity contribution in [1.29, 1.82) is 0 Å². The number of benzene rings is 3. The first-order valence-electron chi connectivity index (χ1n) is 10.5. The van der Waals surface area contributed by atoms with E-state index >= 15 is 0 Å². The number of ketones is 1. The van der Waals surface area contributed by atoms with Gasteiger partial charge in [0.15, 0.2) is 5.78 Å². The average molecular weight is 613 g/mol. The summed E-state index contributed by atoms with van der Waals surface area (Å²) >= 11 is 0. The minimum absolute atomic E-state index is 0. The fourth-order valence-corrected chi connectivity index (χ4v) is 3.16. The van der Waals surface area contributed by atoms with Crippen LogP contribution in [-0.2, 0) is 31.3 Å². The molecule has 1 aromatic heterocycles. The molecule has 0 fully saturated rings. The van der Waals surface area contributed by atoms with Crippen LogP contribution in [0.4, 0.5) is 0 Å². The Morgan fingerprint density at radius 3 is 2.39 bits per heavy atom. The van der Waals surface area contributed by atoms with Crippen LogP contribution < -0.4 is 0 Å². The molecule has 3 nitrogen and oxygen atoms in total. The van der Waals surface area contributed by atoms with Gasteiger partial charge in [-0.15, -0.1) is 35.9 Å². The third-order valence-electron chi connectivity index (χ3n) is 4.83. The van der Waals surface area contributed by atoms with Crippen molar-refractivity contribution in [2.24, 2.45) is 0 Å². The molecule has 0 atom stereocenters. The smallest absolute Gasteiger partial charge is 0.159 e. The van der Waals surface area contributed by atoms with Crippen LogP contribution >= 0.6 is 0 Å². The summed E-state index contributed by atoms with van der Waals surface area (Å²) in [5.41, 5.74) is 5.22. The summed E-state index contributed by atoms with van der Waals surface area (Å²) in [5.74, 6) is 0.0137. The maximum absolute atomic E-state index is 11.3. The normalized spacial score (nSPS) is 10.5. The Morgan fingerprint density at radius 2 is 1.73 bits per heavy atom. The Balaban J connectivity index is 0.000000227. The van der Waals surface area contributed by atoms with Gasteiger partial charge in [-0.1, -0.05) is 67.3 Å². The van der Waals surface area contributed by atoms with Gasteiger partial charge in [0, 0.05) is 32.6 Å². The number of allylic oxidation sites excluding steroid dienone is 2. The number of hydrogen-bond donors (Lipinski definition) is 1. The van der Waals surface area contributed by atoms with Gasteiger partial charge < -0.3 is 5.11 Å². The molecule has 3 aromatic carbocycles. The largest absolute Gasteiger partial charge is 0.512 e. The van der Waals surface area contributed by atoms with Gasteiger partial charge in [0.05, 0.1) is 11.3 Å². The number of aryl methyl sites for hydroxylation is 1. The van der Waals surface area contributed by atoms with Crippen molar-refractivity contribution in [3.63, 3.8) is 0 Å². The molecule has 169 valence electrons. The predicted molar refractivity (Wildman–Crippen MR) is 132 cm³/mol. The number of fused-ring (bicyclic) bond motifs is 1. The zero-order valence-corrected chi connectivity index (χ0v) is 20.9. The molecule has 0 aliphatic heterocycles. The van der Waals surface area contributed by atoms with Crippen LogP contribution in [0, 0.1) is 6.07 Å². The molecule has 0 aliphatic carbocycles. The van der Waals surface area contributed by atoms with Gasteiger partial charge in [0.1, 0.15) is 0 Å². The van der Waals surface area contributed by atoms with E-state index in [2.05, 4.69) is 29.8 Å². The molecule has 4 aromatic rings. The fraction of sp³-hybridized carbons (Fsp3) is 0.103. The average Bonchev–Trinajstić information content (AvgIpc) is 2.83. The van der Waals surface area contributed by atoms with Gasteiger partial charge in [-0.05, 0) is 41.6 Å². The van der Waals surface area contributed by atoms with E-state index < -0.39 is 0 Å². The standard InChI is InChI=1S/C15H10N.C14H16O2.Ir/c1-2-6-12(7-3-1)15-11-10-13-8-4-5-9-14(13)16-15;1-3-12-4-6-13(7-5-12)8-9-14(16)10-11(2)15;/h1-6,8-11H;3-7,10,15H,1,8-9H2,2H3;/q-1;;. The van der Waals surface area contributed by atoms with E-state index in [1.807, 2.05) is 72.8 Å². The number of para-hydroxylation sites is 1. The quantitative estimate of drug-likeness (QED) is 0.145. The van der Waals surface area contributed by atoms with Gasteiger partial charge in [-0.3, -0.25) is 9.78 Å². The second-order valence-electron chi connectivity index (χ2n) is 7.36. The van der Waals surface area contributed by atoms with Crippen molar-refractivity contribution in [2.45, 2.75) is 19.8 Å². The number of aromatic nitrogens is 1. The van der Waals surface area contributed by atoms with Crippen LogP contribution in [-0.4, -0.2) is 15.9 Å². The van der Waals surface area contributed by atoms with E-state index in [0.29, 0.717) is 12.8 Å². The van der Waals surface area contributed by atoms with Gasteiger partial charge >= 0.3 is 0 Å². The van der Waals surface area contributed by atoms with Gasteiger partial charge in [0.25, 0.3) is 0 Å². The molecule has 1 radical (unpaired) electrons. The molecule has 0 saturated heterocycles. The van der Waals surface area contributed by atoms with E-state index in [1.54, 1.807) is 6.08 Å². The summed E-state index contributed by atoms with van der Waals surface area (Å²) in [4.78, 5) is 15.9. The van der Waals surface area contributed by atoms with Crippen molar-refractivity contribution in [3.05, 3.63) is 121 Å². The molecule has 0 amide bonds. The molecule has 4 heteroatoms. The number of nitrogens with zero attached hydrogens (tertiary/aromatic N) is 1. The molecule has 4 rings (SSSR count). The maximum Gasteiger partial charge on any atom is 0.159 e. The molecule has 0 spiro atoms. The summed E-state index contributed by atoms with van der Waals surface area (Å²) in [6.45, 7) is 5.17. The van der Waals surface area contributed by atoms with Crippen molar-refractivity contribution in [3.8, 4) is 11.3 Å². The number of hydrogen-bond acceptors (Lipinski definition) is 3. The first-order chi connectivity index (χ1) is 15.5. The molecule has 33 heavy (non-hydrogen) atoms. The van der Waals surface area contributed by atoms with E-state index in [1.165, 1.54) is 18.4 Å².